The summed E-state index contributed by atoms with van der Waals surface area (Å²) in [4.78, 5) is 19.9. The molecule has 1 unspecified atom stereocenters. The number of likely N-dealkylation sites (tertiary alicyclic amines) is 1. The highest BCUT2D eigenvalue weighted by molar-refractivity contribution is 5.79. The molecule has 0 saturated carbocycles. The molecule has 1 amide bonds. The zero-order valence-electron chi connectivity index (χ0n) is 14.5. The molecule has 2 fully saturated rings. The largest absolute Gasteiger partial charge is 0.336 e. The summed E-state index contributed by atoms with van der Waals surface area (Å²) in [6, 6.07) is 8.69. The van der Waals surface area contributed by atoms with Gasteiger partial charge in [-0.15, -0.1) is 0 Å². The van der Waals surface area contributed by atoms with Crippen LogP contribution in [0.15, 0.2) is 24.3 Å². The van der Waals surface area contributed by atoms with Gasteiger partial charge in [-0.05, 0) is 45.5 Å². The van der Waals surface area contributed by atoms with Crippen LogP contribution in [0.3, 0.4) is 0 Å². The monoisotopic (exact) mass is 315 g/mol. The highest BCUT2D eigenvalue weighted by Gasteiger charge is 2.30. The summed E-state index contributed by atoms with van der Waals surface area (Å²) >= 11 is 0. The van der Waals surface area contributed by atoms with Gasteiger partial charge in [0.15, 0.2) is 0 Å². The summed E-state index contributed by atoms with van der Waals surface area (Å²) in [6.45, 7) is 8.34. The Morgan fingerprint density at radius 3 is 2.48 bits per heavy atom. The van der Waals surface area contributed by atoms with Crippen molar-refractivity contribution in [2.45, 2.75) is 32.2 Å². The maximum Gasteiger partial charge on any atom is 0.227 e. The molecule has 0 aromatic heterocycles. The third-order valence-electron chi connectivity index (χ3n) is 5.15. The van der Waals surface area contributed by atoms with Crippen molar-refractivity contribution in [3.63, 3.8) is 0 Å². The van der Waals surface area contributed by atoms with Gasteiger partial charge in [0.1, 0.15) is 0 Å². The number of likely N-dealkylation sites (N-methyl/N-ethyl adjacent to an activating group) is 1. The standard InChI is InChI=1S/C19H29N3O/c1-16-5-7-17(8-6-16)13-19(23)22-12-11-20(2)14-18(22)15-21-9-3-4-10-21/h5-8,18H,3-4,9-15H2,1-2H3. The van der Waals surface area contributed by atoms with Crippen LogP contribution in [-0.2, 0) is 11.2 Å². The number of rotatable bonds is 4. The van der Waals surface area contributed by atoms with E-state index in [4.69, 9.17) is 0 Å². The zero-order valence-corrected chi connectivity index (χ0v) is 14.5. The molecular formula is C19H29N3O. The molecule has 1 aromatic rings. The number of aryl methyl sites for hydroxylation is 1. The fraction of sp³-hybridized carbons (Fsp3) is 0.632. The molecule has 4 nitrogen and oxygen atoms in total. The molecular weight excluding hydrogens is 286 g/mol. The molecule has 2 heterocycles. The van der Waals surface area contributed by atoms with E-state index >= 15 is 0 Å². The van der Waals surface area contributed by atoms with Crippen molar-refractivity contribution in [3.8, 4) is 0 Å². The molecule has 23 heavy (non-hydrogen) atoms. The lowest BCUT2D eigenvalue weighted by atomic mass is 10.1. The molecule has 0 spiro atoms. The first-order chi connectivity index (χ1) is 11.1. The summed E-state index contributed by atoms with van der Waals surface area (Å²) in [7, 11) is 2.17. The van der Waals surface area contributed by atoms with Crippen LogP contribution < -0.4 is 0 Å². The highest BCUT2D eigenvalue weighted by atomic mass is 16.2. The van der Waals surface area contributed by atoms with Gasteiger partial charge in [-0.1, -0.05) is 29.8 Å². The topological polar surface area (TPSA) is 26.8 Å². The van der Waals surface area contributed by atoms with Crippen molar-refractivity contribution in [2.75, 3.05) is 46.3 Å². The van der Waals surface area contributed by atoms with Crippen molar-refractivity contribution in [1.29, 1.82) is 0 Å². The van der Waals surface area contributed by atoms with E-state index in [0.29, 0.717) is 12.5 Å². The molecule has 2 aliphatic heterocycles. The number of nitrogens with zero attached hydrogens (tertiary/aromatic N) is 3. The van der Waals surface area contributed by atoms with Crippen molar-refractivity contribution in [1.82, 2.24) is 14.7 Å². The van der Waals surface area contributed by atoms with E-state index in [0.717, 1.165) is 31.7 Å². The lowest BCUT2D eigenvalue weighted by Gasteiger charge is -2.41. The molecule has 2 saturated heterocycles. The van der Waals surface area contributed by atoms with Gasteiger partial charge in [-0.3, -0.25) is 4.79 Å². The van der Waals surface area contributed by atoms with Crippen molar-refractivity contribution in [2.24, 2.45) is 0 Å². The van der Waals surface area contributed by atoms with Gasteiger partial charge in [0.2, 0.25) is 5.91 Å². The van der Waals surface area contributed by atoms with E-state index in [1.165, 1.54) is 31.5 Å². The minimum atomic E-state index is 0.283. The van der Waals surface area contributed by atoms with E-state index in [2.05, 4.69) is 52.9 Å². The lowest BCUT2D eigenvalue weighted by molar-refractivity contribution is -0.135. The number of benzene rings is 1. The van der Waals surface area contributed by atoms with Gasteiger partial charge in [-0.25, -0.2) is 0 Å². The molecule has 0 aliphatic carbocycles. The normalized spacial score (nSPS) is 23.4. The molecule has 4 heteroatoms. The van der Waals surface area contributed by atoms with E-state index in [-0.39, 0.29) is 5.91 Å². The Balaban J connectivity index is 1.64. The highest BCUT2D eigenvalue weighted by Crippen LogP contribution is 2.16. The van der Waals surface area contributed by atoms with Gasteiger partial charge < -0.3 is 14.7 Å². The Hall–Kier alpha value is -1.39. The van der Waals surface area contributed by atoms with E-state index < -0.39 is 0 Å². The predicted octanol–water partition coefficient (Wildman–Crippen LogP) is 1.78. The second-order valence-corrected chi connectivity index (χ2v) is 7.17. The fourth-order valence-corrected chi connectivity index (χ4v) is 3.74. The summed E-state index contributed by atoms with van der Waals surface area (Å²) in [5.41, 5.74) is 2.37. The van der Waals surface area contributed by atoms with Crippen LogP contribution in [0.4, 0.5) is 0 Å². The number of piperazine rings is 1. The maximum atomic E-state index is 12.8. The van der Waals surface area contributed by atoms with E-state index in [1.54, 1.807) is 0 Å². The number of hydrogen-bond acceptors (Lipinski definition) is 3. The zero-order chi connectivity index (χ0) is 16.2. The molecule has 0 N–H and O–H groups in total. The quantitative estimate of drug-likeness (QED) is 0.847. The molecule has 3 rings (SSSR count). The number of hydrogen-bond donors (Lipinski definition) is 0. The van der Waals surface area contributed by atoms with Crippen LogP contribution in [0.5, 0.6) is 0 Å². The van der Waals surface area contributed by atoms with E-state index in [1.807, 2.05) is 0 Å². The van der Waals surface area contributed by atoms with Gasteiger partial charge in [0.25, 0.3) is 0 Å². The van der Waals surface area contributed by atoms with Crippen LogP contribution in [0.25, 0.3) is 0 Å². The lowest BCUT2D eigenvalue weighted by Crippen LogP contribution is -2.58. The molecule has 126 valence electrons. The second kappa shape index (κ2) is 7.45. The van der Waals surface area contributed by atoms with Crippen LogP contribution in [0.1, 0.15) is 24.0 Å². The van der Waals surface area contributed by atoms with Gasteiger partial charge in [-0.2, -0.15) is 0 Å². The average Bonchev–Trinajstić information content (AvgIpc) is 3.02. The molecule has 0 radical (unpaired) electrons. The van der Waals surface area contributed by atoms with Gasteiger partial charge in [0.05, 0.1) is 12.5 Å². The molecule has 1 aromatic carbocycles. The van der Waals surface area contributed by atoms with Crippen LogP contribution >= 0.6 is 0 Å². The Morgan fingerprint density at radius 2 is 1.78 bits per heavy atom. The Kier molecular flexibility index (Phi) is 5.34. The third-order valence-corrected chi connectivity index (χ3v) is 5.15. The Morgan fingerprint density at radius 1 is 1.09 bits per heavy atom. The Bertz CT molecular complexity index is 522. The van der Waals surface area contributed by atoms with Crippen LogP contribution in [0.2, 0.25) is 0 Å². The SMILES string of the molecule is Cc1ccc(CC(=O)N2CCN(C)CC2CN2CCCC2)cc1. The number of carbonyl (C=O) groups excluding carboxylic acids is 1. The van der Waals surface area contributed by atoms with Crippen LogP contribution in [-0.4, -0.2) is 73.0 Å². The predicted molar refractivity (Wildman–Crippen MR) is 93.6 cm³/mol. The fourth-order valence-electron chi connectivity index (χ4n) is 3.74. The Labute approximate surface area is 140 Å². The third kappa shape index (κ3) is 4.33. The maximum absolute atomic E-state index is 12.8. The molecule has 1 atom stereocenters. The molecule has 0 bridgehead atoms. The van der Waals surface area contributed by atoms with Crippen molar-refractivity contribution in [3.05, 3.63) is 35.4 Å². The average molecular weight is 315 g/mol. The first-order valence-corrected chi connectivity index (χ1v) is 8.88. The molecule has 2 aliphatic rings. The minimum Gasteiger partial charge on any atom is -0.336 e. The van der Waals surface area contributed by atoms with Gasteiger partial charge >= 0.3 is 0 Å². The first-order valence-electron chi connectivity index (χ1n) is 8.88. The first kappa shape index (κ1) is 16.5. The van der Waals surface area contributed by atoms with Crippen LogP contribution in [0, 0.1) is 6.92 Å². The smallest absolute Gasteiger partial charge is 0.227 e. The van der Waals surface area contributed by atoms with E-state index in [9.17, 15) is 4.79 Å². The van der Waals surface area contributed by atoms with Gasteiger partial charge in [0, 0.05) is 26.2 Å². The summed E-state index contributed by atoms with van der Waals surface area (Å²) < 4.78 is 0. The van der Waals surface area contributed by atoms with Crippen molar-refractivity contribution < 1.29 is 4.79 Å². The number of amides is 1. The minimum absolute atomic E-state index is 0.283. The summed E-state index contributed by atoms with van der Waals surface area (Å²) in [6.07, 6.45) is 3.14. The second-order valence-electron chi connectivity index (χ2n) is 7.17. The summed E-state index contributed by atoms with van der Waals surface area (Å²) in [5.74, 6) is 0.283. The number of carbonyl (C=O) groups is 1. The summed E-state index contributed by atoms with van der Waals surface area (Å²) in [5, 5.41) is 0. The van der Waals surface area contributed by atoms with Crippen molar-refractivity contribution >= 4 is 5.91 Å².